The fraction of sp³-hybridized carbons (Fsp3) is 0.467. The Labute approximate surface area is 345 Å². The molecule has 310 valence electrons. The maximum absolute atomic E-state index is 13.6. The molecule has 1 atom stereocenters. The fourth-order valence-electron chi connectivity index (χ4n) is 9.30. The average Bonchev–Trinajstić information content (AvgIpc) is 3.23. The summed E-state index contributed by atoms with van der Waals surface area (Å²) in [5.41, 5.74) is 15.1. The van der Waals surface area contributed by atoms with Crippen LogP contribution in [-0.4, -0.2) is 108 Å². The summed E-state index contributed by atoms with van der Waals surface area (Å²) < 4.78 is 5.91. The second-order valence-electron chi connectivity index (χ2n) is 16.8. The number of amides is 4. The van der Waals surface area contributed by atoms with Crippen LogP contribution in [0, 0.1) is 17.8 Å². The first-order chi connectivity index (χ1) is 28.6. The van der Waals surface area contributed by atoms with Crippen LogP contribution in [0.1, 0.15) is 72.9 Å². The van der Waals surface area contributed by atoms with Gasteiger partial charge in [-0.05, 0) is 124 Å². The molecule has 5 heterocycles. The van der Waals surface area contributed by atoms with Crippen LogP contribution in [0.2, 0.25) is 0 Å². The number of pyridine rings is 1. The zero-order valence-electron chi connectivity index (χ0n) is 33.8. The first-order valence-electron chi connectivity index (χ1n) is 21.1. The lowest BCUT2D eigenvalue weighted by atomic mass is 9.77. The van der Waals surface area contributed by atoms with Crippen molar-refractivity contribution >= 4 is 41.0 Å². The predicted molar refractivity (Wildman–Crippen MR) is 225 cm³/mol. The fourth-order valence-corrected chi connectivity index (χ4v) is 9.30. The molecule has 59 heavy (non-hydrogen) atoms. The smallest absolute Gasteiger partial charge is 0.255 e. The van der Waals surface area contributed by atoms with Gasteiger partial charge < -0.3 is 41.5 Å². The van der Waals surface area contributed by atoms with Gasteiger partial charge in [-0.1, -0.05) is 18.2 Å². The number of likely N-dealkylation sites (tertiary alicyclic amines) is 2. The number of hydrogen-bond acceptors (Lipinski definition) is 10. The minimum atomic E-state index is -0.639. The number of carbonyl (C=O) groups is 4. The third-order valence-electron chi connectivity index (χ3n) is 12.9. The van der Waals surface area contributed by atoms with E-state index in [9.17, 15) is 19.2 Å². The molecule has 4 aliphatic heterocycles. The zero-order valence-corrected chi connectivity index (χ0v) is 33.8. The van der Waals surface area contributed by atoms with E-state index in [2.05, 4.69) is 27.6 Å². The minimum absolute atomic E-state index is 0.00475. The van der Waals surface area contributed by atoms with Gasteiger partial charge in [0.05, 0.1) is 17.3 Å². The van der Waals surface area contributed by atoms with Gasteiger partial charge in [-0.2, -0.15) is 0 Å². The molecule has 0 bridgehead atoms. The number of nitrogens with one attached hydrogen (secondary N) is 2. The van der Waals surface area contributed by atoms with E-state index in [0.717, 1.165) is 62.8 Å². The summed E-state index contributed by atoms with van der Waals surface area (Å²) in [6, 6.07) is 19.0. The number of aryl methyl sites for hydroxylation is 1. The van der Waals surface area contributed by atoms with E-state index < -0.39 is 5.91 Å². The second-order valence-corrected chi connectivity index (χ2v) is 16.8. The van der Waals surface area contributed by atoms with Gasteiger partial charge in [0, 0.05) is 63.8 Å². The number of amidine groups is 1. The Balaban J connectivity index is 0.781. The Morgan fingerprint density at radius 3 is 2.27 bits per heavy atom. The van der Waals surface area contributed by atoms with Crippen LogP contribution >= 0.6 is 0 Å². The van der Waals surface area contributed by atoms with Crippen molar-refractivity contribution in [2.75, 3.05) is 51.6 Å². The molecule has 1 aliphatic carbocycles. The zero-order chi connectivity index (χ0) is 41.0. The van der Waals surface area contributed by atoms with Crippen molar-refractivity contribution in [3.63, 3.8) is 0 Å². The van der Waals surface area contributed by atoms with Crippen molar-refractivity contribution in [3.05, 3.63) is 89.1 Å². The van der Waals surface area contributed by atoms with Gasteiger partial charge in [-0.25, -0.2) is 4.98 Å². The van der Waals surface area contributed by atoms with Crippen LogP contribution in [0.15, 0.2) is 77.4 Å². The van der Waals surface area contributed by atoms with Crippen LogP contribution in [0.5, 0.6) is 11.5 Å². The van der Waals surface area contributed by atoms with Crippen LogP contribution in [0.25, 0.3) is 5.70 Å². The molecule has 5 aliphatic rings. The SMILES string of the molecule is CN(CC1CCN(C(=O)c2cnc3c(c2)CCC(=O)N3)CC1)C1CC(C(=O)N2CCC([C@@H]3CCNC(C(C(N)=O)=C(N)c4ccc(Oc5ccccc5)cc4)=N3)CC2)C1. The summed E-state index contributed by atoms with van der Waals surface area (Å²) in [7, 11) is 2.17. The number of anilines is 1. The van der Waals surface area contributed by atoms with E-state index in [1.807, 2.05) is 70.5 Å². The third kappa shape index (κ3) is 9.12. The van der Waals surface area contributed by atoms with Crippen molar-refractivity contribution in [1.82, 2.24) is 25.0 Å². The summed E-state index contributed by atoms with van der Waals surface area (Å²) in [4.78, 5) is 67.0. The molecule has 2 aromatic carbocycles. The molecule has 6 N–H and O–H groups in total. The lowest BCUT2D eigenvalue weighted by Crippen LogP contribution is -2.52. The van der Waals surface area contributed by atoms with Crippen LogP contribution < -0.4 is 26.8 Å². The summed E-state index contributed by atoms with van der Waals surface area (Å²) in [5, 5.41) is 6.05. The highest BCUT2D eigenvalue weighted by molar-refractivity contribution is 6.25. The van der Waals surface area contributed by atoms with Gasteiger partial charge in [0.15, 0.2) is 0 Å². The van der Waals surface area contributed by atoms with Gasteiger partial charge in [-0.3, -0.25) is 24.2 Å². The number of aliphatic imine (C=N–C) groups is 1. The van der Waals surface area contributed by atoms with Gasteiger partial charge in [0.2, 0.25) is 11.8 Å². The largest absolute Gasteiger partial charge is 0.457 e. The minimum Gasteiger partial charge on any atom is -0.457 e. The molecule has 0 radical (unpaired) electrons. The molecule has 0 unspecified atom stereocenters. The Bertz CT molecular complexity index is 2100. The molecule has 0 spiro atoms. The number of fused-ring (bicyclic) bond motifs is 1. The van der Waals surface area contributed by atoms with Crippen molar-refractivity contribution in [2.24, 2.45) is 34.2 Å². The quantitative estimate of drug-likeness (QED) is 0.206. The van der Waals surface area contributed by atoms with Crippen molar-refractivity contribution in [2.45, 2.75) is 69.9 Å². The molecule has 3 aromatic rings. The Kier molecular flexibility index (Phi) is 12.0. The number of para-hydroxylation sites is 1. The molecule has 1 aromatic heterocycles. The molecular formula is C45H55N9O5. The number of nitrogens with two attached hydrogens (primary N) is 2. The van der Waals surface area contributed by atoms with E-state index >= 15 is 0 Å². The average molecular weight is 802 g/mol. The van der Waals surface area contributed by atoms with E-state index in [-0.39, 0.29) is 41.0 Å². The summed E-state index contributed by atoms with van der Waals surface area (Å²) in [6.07, 6.45) is 8.81. The highest BCUT2D eigenvalue weighted by atomic mass is 16.5. The summed E-state index contributed by atoms with van der Waals surface area (Å²) >= 11 is 0. The number of aromatic nitrogens is 1. The van der Waals surface area contributed by atoms with Gasteiger partial charge >= 0.3 is 0 Å². The van der Waals surface area contributed by atoms with Crippen LogP contribution in [-0.2, 0) is 20.8 Å². The topological polar surface area (TPSA) is 189 Å². The third-order valence-corrected chi connectivity index (χ3v) is 12.9. The van der Waals surface area contributed by atoms with Crippen LogP contribution in [0.4, 0.5) is 5.82 Å². The lowest BCUT2D eigenvalue weighted by molar-refractivity contribution is -0.142. The number of piperidine rings is 2. The van der Waals surface area contributed by atoms with E-state index in [0.29, 0.717) is 92.0 Å². The molecule has 4 amide bonds. The maximum Gasteiger partial charge on any atom is 0.255 e. The molecule has 2 saturated heterocycles. The first kappa shape index (κ1) is 40.0. The summed E-state index contributed by atoms with van der Waals surface area (Å²) in [5.74, 6) is 2.82. The number of ether oxygens (including phenoxy) is 1. The molecule has 14 heteroatoms. The molecule has 3 fully saturated rings. The van der Waals surface area contributed by atoms with Gasteiger partial charge in [-0.15, -0.1) is 0 Å². The second kappa shape index (κ2) is 17.6. The number of carbonyl (C=O) groups excluding carboxylic acids is 4. The monoisotopic (exact) mass is 801 g/mol. The number of nitrogens with zero attached hydrogens (tertiary/aromatic N) is 5. The molecule has 14 nitrogen and oxygen atoms in total. The van der Waals surface area contributed by atoms with Gasteiger partial charge in [0.1, 0.15) is 28.7 Å². The van der Waals surface area contributed by atoms with Crippen molar-refractivity contribution in [1.29, 1.82) is 0 Å². The number of rotatable bonds is 11. The normalized spacial score (nSPS) is 22.9. The molecule has 8 rings (SSSR count). The standard InChI is InChI=1S/C45H55N9O5/c1-52(27-28-14-19-53(20-15-28)45(58)33-23-31-9-12-38(55)51-42(31)49-26-33)34-24-32(25-34)44(57)54-21-16-29(17-22-54)37-13-18-48-43(50-37)39(41(47)56)40(46)30-7-10-36(11-8-30)59-35-5-3-2-4-6-35/h2-8,10-11,23,26,28-29,32,34,37H,9,12-22,24-25,27,46H2,1H3,(H2,47,56)(H,48,50)(H,49,51,55)/t32?,34?,37-/m0/s1. The predicted octanol–water partition coefficient (Wildman–Crippen LogP) is 4.18. The molecular weight excluding hydrogens is 747 g/mol. The summed E-state index contributed by atoms with van der Waals surface area (Å²) in [6.45, 7) is 4.47. The molecule has 1 saturated carbocycles. The van der Waals surface area contributed by atoms with Gasteiger partial charge in [0.25, 0.3) is 11.8 Å². The lowest BCUT2D eigenvalue weighted by Gasteiger charge is -2.45. The maximum atomic E-state index is 13.6. The number of primary amides is 1. The van der Waals surface area contributed by atoms with E-state index in [4.69, 9.17) is 21.2 Å². The highest BCUT2D eigenvalue weighted by Gasteiger charge is 2.41. The van der Waals surface area contributed by atoms with E-state index in [1.54, 1.807) is 6.20 Å². The Hall–Kier alpha value is -5.76. The van der Waals surface area contributed by atoms with Crippen molar-refractivity contribution < 1.29 is 23.9 Å². The number of benzene rings is 2. The number of hydrogen-bond donors (Lipinski definition) is 4. The first-order valence-corrected chi connectivity index (χ1v) is 21.1. The Morgan fingerprint density at radius 1 is 0.864 bits per heavy atom. The van der Waals surface area contributed by atoms with E-state index in [1.165, 1.54) is 0 Å². The van der Waals surface area contributed by atoms with Crippen molar-refractivity contribution in [3.8, 4) is 11.5 Å². The highest BCUT2D eigenvalue weighted by Crippen LogP contribution is 2.36. The Morgan fingerprint density at radius 2 is 1.56 bits per heavy atom. The van der Waals surface area contributed by atoms with Crippen LogP contribution in [0.3, 0.4) is 0 Å².